The van der Waals surface area contributed by atoms with Gasteiger partial charge in [-0.05, 0) is 37.3 Å². The van der Waals surface area contributed by atoms with Crippen LogP contribution < -0.4 is 20.3 Å². The molecule has 11 heteroatoms. The smallest absolute Gasteiger partial charge is 0.279 e. The number of nitrogens with zero attached hydrogens (tertiary/aromatic N) is 1. The van der Waals surface area contributed by atoms with Gasteiger partial charge in [0, 0.05) is 16.6 Å². The lowest BCUT2D eigenvalue weighted by Gasteiger charge is -2.15. The third-order valence-corrected chi connectivity index (χ3v) is 4.10. The quantitative estimate of drug-likeness (QED) is 0.472. The van der Waals surface area contributed by atoms with Crippen LogP contribution in [0.15, 0.2) is 46.9 Å². The zero-order valence-electron chi connectivity index (χ0n) is 14.5. The van der Waals surface area contributed by atoms with Crippen molar-refractivity contribution in [2.24, 2.45) is 0 Å². The standard InChI is InChI=1S/C17H15BrClN3O6/c1-10(28-13-5-3-12(4-6-13)22(25)26)17(24)21-20-16(23)9-27-15-7-2-11(18)8-14(15)19/h2-8,10H,9H2,1H3,(H,20,23)(H,21,24). The van der Waals surface area contributed by atoms with Gasteiger partial charge in [0.2, 0.25) is 0 Å². The van der Waals surface area contributed by atoms with Crippen molar-refractivity contribution in [3.63, 3.8) is 0 Å². The van der Waals surface area contributed by atoms with Gasteiger partial charge in [-0.15, -0.1) is 0 Å². The average Bonchev–Trinajstić information content (AvgIpc) is 2.65. The van der Waals surface area contributed by atoms with Crippen LogP contribution >= 0.6 is 27.5 Å². The van der Waals surface area contributed by atoms with Crippen LogP contribution in [-0.2, 0) is 9.59 Å². The lowest BCUT2D eigenvalue weighted by atomic mass is 10.3. The number of nitrogens with one attached hydrogen (secondary N) is 2. The number of halogens is 2. The zero-order chi connectivity index (χ0) is 20.7. The van der Waals surface area contributed by atoms with Crippen molar-refractivity contribution in [2.45, 2.75) is 13.0 Å². The number of carbonyl (C=O) groups is 2. The highest BCUT2D eigenvalue weighted by Gasteiger charge is 2.16. The fraction of sp³-hybridized carbons (Fsp3) is 0.176. The molecule has 0 aliphatic carbocycles. The molecule has 0 spiro atoms. The molecule has 148 valence electrons. The Hall–Kier alpha value is -2.85. The summed E-state index contributed by atoms with van der Waals surface area (Å²) in [5, 5.41) is 10.9. The Labute approximate surface area is 173 Å². The largest absolute Gasteiger partial charge is 0.482 e. The predicted octanol–water partition coefficient (Wildman–Crippen LogP) is 3.00. The van der Waals surface area contributed by atoms with Crippen LogP contribution in [0.4, 0.5) is 5.69 Å². The van der Waals surface area contributed by atoms with Crippen molar-refractivity contribution in [1.29, 1.82) is 0 Å². The zero-order valence-corrected chi connectivity index (χ0v) is 16.8. The van der Waals surface area contributed by atoms with E-state index >= 15 is 0 Å². The number of rotatable bonds is 7. The van der Waals surface area contributed by atoms with E-state index in [1.54, 1.807) is 18.2 Å². The molecule has 1 unspecified atom stereocenters. The molecule has 0 aliphatic heterocycles. The number of benzene rings is 2. The van der Waals surface area contributed by atoms with Crippen molar-refractivity contribution < 1.29 is 24.0 Å². The second kappa shape index (κ2) is 9.90. The maximum absolute atomic E-state index is 12.0. The van der Waals surface area contributed by atoms with Crippen molar-refractivity contribution in [3.05, 3.63) is 62.1 Å². The molecular formula is C17H15BrClN3O6. The van der Waals surface area contributed by atoms with E-state index in [1.807, 2.05) is 0 Å². The highest BCUT2D eigenvalue weighted by atomic mass is 79.9. The Kier molecular flexibility index (Phi) is 7.59. The van der Waals surface area contributed by atoms with Crippen LogP contribution in [0, 0.1) is 10.1 Å². The lowest BCUT2D eigenvalue weighted by molar-refractivity contribution is -0.384. The van der Waals surface area contributed by atoms with Crippen LogP contribution in [0.25, 0.3) is 0 Å². The highest BCUT2D eigenvalue weighted by Crippen LogP contribution is 2.27. The predicted molar refractivity (Wildman–Crippen MR) is 104 cm³/mol. The molecule has 2 amide bonds. The van der Waals surface area contributed by atoms with E-state index in [4.69, 9.17) is 21.1 Å². The summed E-state index contributed by atoms with van der Waals surface area (Å²) in [7, 11) is 0. The molecule has 2 aromatic carbocycles. The summed E-state index contributed by atoms with van der Waals surface area (Å²) >= 11 is 9.23. The summed E-state index contributed by atoms with van der Waals surface area (Å²) in [4.78, 5) is 33.8. The van der Waals surface area contributed by atoms with Crippen LogP contribution in [-0.4, -0.2) is 29.4 Å². The van der Waals surface area contributed by atoms with Gasteiger partial charge in [0.05, 0.1) is 9.95 Å². The van der Waals surface area contributed by atoms with E-state index in [1.165, 1.54) is 31.2 Å². The molecule has 0 saturated heterocycles. The van der Waals surface area contributed by atoms with Crippen molar-refractivity contribution in [1.82, 2.24) is 10.9 Å². The molecule has 0 radical (unpaired) electrons. The van der Waals surface area contributed by atoms with E-state index < -0.39 is 22.8 Å². The van der Waals surface area contributed by atoms with Crippen molar-refractivity contribution in [3.8, 4) is 11.5 Å². The number of non-ortho nitro benzene ring substituents is 1. The van der Waals surface area contributed by atoms with Gasteiger partial charge in [0.15, 0.2) is 12.7 Å². The maximum Gasteiger partial charge on any atom is 0.279 e. The van der Waals surface area contributed by atoms with Crippen LogP contribution in [0.2, 0.25) is 5.02 Å². The summed E-state index contributed by atoms with van der Waals surface area (Å²) in [6.45, 7) is 1.10. The first-order chi connectivity index (χ1) is 13.3. The SMILES string of the molecule is CC(Oc1ccc([N+](=O)[O-])cc1)C(=O)NNC(=O)COc1ccc(Br)cc1Cl. The molecule has 0 bridgehead atoms. The van der Waals surface area contributed by atoms with Crippen LogP contribution in [0.3, 0.4) is 0 Å². The fourth-order valence-corrected chi connectivity index (χ4v) is 2.64. The number of carbonyl (C=O) groups excluding carboxylic acids is 2. The minimum Gasteiger partial charge on any atom is -0.482 e. The normalized spacial score (nSPS) is 11.2. The molecule has 0 heterocycles. The fourth-order valence-electron chi connectivity index (χ4n) is 1.91. The Morgan fingerprint density at radius 2 is 1.89 bits per heavy atom. The molecule has 0 fully saturated rings. The Morgan fingerprint density at radius 1 is 1.21 bits per heavy atom. The third kappa shape index (κ3) is 6.39. The van der Waals surface area contributed by atoms with E-state index in [-0.39, 0.29) is 18.0 Å². The first-order valence-electron chi connectivity index (χ1n) is 7.84. The number of hydrogen-bond donors (Lipinski definition) is 2. The minimum absolute atomic E-state index is 0.0948. The Bertz CT molecular complexity index is 878. The summed E-state index contributed by atoms with van der Waals surface area (Å²) in [6.07, 6.45) is -0.955. The number of nitro benzene ring substituents is 1. The van der Waals surface area contributed by atoms with E-state index in [0.717, 1.165) is 4.47 Å². The highest BCUT2D eigenvalue weighted by molar-refractivity contribution is 9.10. The average molecular weight is 473 g/mol. The van der Waals surface area contributed by atoms with Gasteiger partial charge in [0.1, 0.15) is 11.5 Å². The first kappa shape index (κ1) is 21.5. The number of hydrazine groups is 1. The van der Waals surface area contributed by atoms with Gasteiger partial charge in [-0.25, -0.2) is 0 Å². The number of hydrogen-bond acceptors (Lipinski definition) is 6. The molecule has 9 nitrogen and oxygen atoms in total. The lowest BCUT2D eigenvalue weighted by Crippen LogP contribution is -2.48. The van der Waals surface area contributed by atoms with E-state index in [2.05, 4.69) is 26.8 Å². The maximum atomic E-state index is 12.0. The Balaban J connectivity index is 1.77. The van der Waals surface area contributed by atoms with Gasteiger partial charge in [0.25, 0.3) is 17.5 Å². The topological polar surface area (TPSA) is 120 Å². The van der Waals surface area contributed by atoms with Gasteiger partial charge >= 0.3 is 0 Å². The van der Waals surface area contributed by atoms with E-state index in [9.17, 15) is 19.7 Å². The van der Waals surface area contributed by atoms with Gasteiger partial charge in [-0.2, -0.15) is 0 Å². The van der Waals surface area contributed by atoms with Crippen LogP contribution in [0.1, 0.15) is 6.92 Å². The minimum atomic E-state index is -0.955. The molecule has 0 saturated carbocycles. The monoisotopic (exact) mass is 471 g/mol. The molecule has 1 atom stereocenters. The molecule has 2 aromatic rings. The van der Waals surface area contributed by atoms with Crippen molar-refractivity contribution in [2.75, 3.05) is 6.61 Å². The first-order valence-corrected chi connectivity index (χ1v) is 9.01. The van der Waals surface area contributed by atoms with E-state index in [0.29, 0.717) is 10.8 Å². The molecule has 28 heavy (non-hydrogen) atoms. The number of ether oxygens (including phenoxy) is 2. The Morgan fingerprint density at radius 3 is 2.50 bits per heavy atom. The second-order valence-corrected chi connectivity index (χ2v) is 6.73. The third-order valence-electron chi connectivity index (χ3n) is 3.31. The summed E-state index contributed by atoms with van der Waals surface area (Å²) in [5.41, 5.74) is 4.29. The summed E-state index contributed by atoms with van der Waals surface area (Å²) in [6, 6.07) is 10.2. The number of nitro groups is 1. The van der Waals surface area contributed by atoms with Gasteiger partial charge in [-0.1, -0.05) is 27.5 Å². The van der Waals surface area contributed by atoms with Gasteiger partial charge in [-0.3, -0.25) is 30.6 Å². The van der Waals surface area contributed by atoms with Gasteiger partial charge < -0.3 is 9.47 Å². The molecule has 2 N–H and O–H groups in total. The summed E-state index contributed by atoms with van der Waals surface area (Å²) < 4.78 is 11.4. The molecule has 0 aromatic heterocycles. The molecule has 0 aliphatic rings. The molecule has 2 rings (SSSR count). The van der Waals surface area contributed by atoms with Crippen molar-refractivity contribution >= 4 is 45.0 Å². The summed E-state index contributed by atoms with van der Waals surface area (Å²) in [5.74, 6) is -0.628. The second-order valence-electron chi connectivity index (χ2n) is 5.41. The van der Waals surface area contributed by atoms with Crippen LogP contribution in [0.5, 0.6) is 11.5 Å². The molecular weight excluding hydrogens is 458 g/mol. The number of amides is 2.